The lowest BCUT2D eigenvalue weighted by Crippen LogP contribution is -2.44. The van der Waals surface area contributed by atoms with Gasteiger partial charge in [-0.3, -0.25) is 4.90 Å². The molecule has 6 nitrogen and oxygen atoms in total. The van der Waals surface area contributed by atoms with E-state index in [0.29, 0.717) is 13.1 Å². The van der Waals surface area contributed by atoms with Gasteiger partial charge in [-0.05, 0) is 31.2 Å². The molecule has 150 valence electrons. The van der Waals surface area contributed by atoms with Crippen molar-refractivity contribution in [3.05, 3.63) is 48.3 Å². The van der Waals surface area contributed by atoms with Crippen molar-refractivity contribution in [2.24, 2.45) is 0 Å². The van der Waals surface area contributed by atoms with E-state index in [1.54, 1.807) is 6.33 Å². The molecule has 0 radical (unpaired) electrons. The first-order valence-corrected chi connectivity index (χ1v) is 10.4. The lowest BCUT2D eigenvalue weighted by atomic mass is 10.0. The van der Waals surface area contributed by atoms with Gasteiger partial charge in [0.1, 0.15) is 18.0 Å². The Morgan fingerprint density at radius 3 is 2.64 bits per heavy atom. The molecule has 2 aliphatic rings. The van der Waals surface area contributed by atoms with E-state index in [0.717, 1.165) is 44.2 Å². The normalized spacial score (nSPS) is 23.1. The van der Waals surface area contributed by atoms with E-state index in [1.807, 2.05) is 13.1 Å². The topological polar surface area (TPSA) is 55.7 Å². The van der Waals surface area contributed by atoms with Gasteiger partial charge in [0, 0.05) is 52.4 Å². The highest BCUT2D eigenvalue weighted by Crippen LogP contribution is 2.26. The van der Waals surface area contributed by atoms with Crippen LogP contribution in [0.15, 0.2) is 42.7 Å². The fourth-order valence-corrected chi connectivity index (χ4v) is 4.41. The molecule has 0 spiro atoms. The summed E-state index contributed by atoms with van der Waals surface area (Å²) in [6, 6.07) is 12.5. The van der Waals surface area contributed by atoms with Gasteiger partial charge in [-0.2, -0.15) is 0 Å². The van der Waals surface area contributed by atoms with E-state index < -0.39 is 5.60 Å². The maximum Gasteiger partial charge on any atom is 0.134 e. The number of rotatable bonds is 6. The zero-order chi connectivity index (χ0) is 19.4. The van der Waals surface area contributed by atoms with Crippen molar-refractivity contribution in [1.29, 1.82) is 0 Å². The maximum atomic E-state index is 11.2. The Bertz CT molecular complexity index is 765. The second-order valence-electron chi connectivity index (χ2n) is 8.31. The maximum absolute atomic E-state index is 11.2. The van der Waals surface area contributed by atoms with Crippen LogP contribution in [0, 0.1) is 0 Å². The molecule has 2 fully saturated rings. The molecule has 4 rings (SSSR count). The fourth-order valence-electron chi connectivity index (χ4n) is 4.41. The number of likely N-dealkylation sites (N-methyl/N-ethyl adjacent to an activating group) is 1. The van der Waals surface area contributed by atoms with Crippen molar-refractivity contribution in [2.75, 3.05) is 49.6 Å². The minimum absolute atomic E-state index is 0.578. The molecule has 0 saturated carbocycles. The standard InChI is InChI=1S/C22H31N5O/c1-25(20-14-21(24-18-23-20)27-11-6-3-7-12-27)16-22(28)10-13-26(17-22)15-19-8-4-2-5-9-19/h2,4-5,8-9,14,18,28H,3,6-7,10-13,15-17H2,1H3. The lowest BCUT2D eigenvalue weighted by Gasteiger charge is -2.31. The van der Waals surface area contributed by atoms with Crippen LogP contribution in [0.3, 0.4) is 0 Å². The Morgan fingerprint density at radius 1 is 1.07 bits per heavy atom. The van der Waals surface area contributed by atoms with Crippen LogP contribution in [-0.2, 0) is 6.54 Å². The van der Waals surface area contributed by atoms with E-state index in [2.05, 4.69) is 55.0 Å². The molecule has 0 bridgehead atoms. The van der Waals surface area contributed by atoms with Crippen LogP contribution >= 0.6 is 0 Å². The molecule has 28 heavy (non-hydrogen) atoms. The molecule has 0 aliphatic carbocycles. The van der Waals surface area contributed by atoms with Crippen LogP contribution < -0.4 is 9.80 Å². The third-order valence-corrected chi connectivity index (χ3v) is 5.90. The van der Waals surface area contributed by atoms with Gasteiger partial charge in [0.05, 0.1) is 5.60 Å². The predicted molar refractivity (Wildman–Crippen MR) is 113 cm³/mol. The monoisotopic (exact) mass is 381 g/mol. The number of aliphatic hydroxyl groups is 1. The molecule has 3 heterocycles. The first kappa shape index (κ1) is 19.2. The van der Waals surface area contributed by atoms with Gasteiger partial charge in [0.25, 0.3) is 0 Å². The first-order chi connectivity index (χ1) is 13.6. The van der Waals surface area contributed by atoms with Gasteiger partial charge < -0.3 is 14.9 Å². The van der Waals surface area contributed by atoms with E-state index in [1.165, 1.54) is 24.8 Å². The van der Waals surface area contributed by atoms with Crippen molar-refractivity contribution in [2.45, 2.75) is 37.8 Å². The summed E-state index contributed by atoms with van der Waals surface area (Å²) in [6.07, 6.45) is 6.20. The van der Waals surface area contributed by atoms with Crippen molar-refractivity contribution in [1.82, 2.24) is 14.9 Å². The summed E-state index contributed by atoms with van der Waals surface area (Å²) in [5.74, 6) is 1.88. The van der Waals surface area contributed by atoms with Crippen molar-refractivity contribution in [3.63, 3.8) is 0 Å². The summed E-state index contributed by atoms with van der Waals surface area (Å²) >= 11 is 0. The summed E-state index contributed by atoms with van der Waals surface area (Å²) in [4.78, 5) is 15.7. The van der Waals surface area contributed by atoms with E-state index in [9.17, 15) is 5.11 Å². The number of nitrogens with zero attached hydrogens (tertiary/aromatic N) is 5. The largest absolute Gasteiger partial charge is 0.387 e. The Balaban J connectivity index is 1.37. The van der Waals surface area contributed by atoms with Gasteiger partial charge in [0.15, 0.2) is 0 Å². The summed E-state index contributed by atoms with van der Waals surface area (Å²) in [5, 5.41) is 11.2. The molecular weight excluding hydrogens is 350 g/mol. The summed E-state index contributed by atoms with van der Waals surface area (Å²) in [7, 11) is 2.01. The van der Waals surface area contributed by atoms with Crippen molar-refractivity contribution in [3.8, 4) is 0 Å². The molecule has 6 heteroatoms. The first-order valence-electron chi connectivity index (χ1n) is 10.4. The highest BCUT2D eigenvalue weighted by Gasteiger charge is 2.37. The molecule has 1 unspecified atom stereocenters. The zero-order valence-corrected chi connectivity index (χ0v) is 16.8. The number of anilines is 2. The SMILES string of the molecule is CN(CC1(O)CCN(Cc2ccccc2)C1)c1cc(N2CCCCC2)ncn1. The Morgan fingerprint density at radius 2 is 1.86 bits per heavy atom. The molecule has 2 saturated heterocycles. The number of hydrogen-bond donors (Lipinski definition) is 1. The average Bonchev–Trinajstić information content (AvgIpc) is 3.09. The Hall–Kier alpha value is -2.18. The molecule has 1 aromatic carbocycles. The van der Waals surface area contributed by atoms with Gasteiger partial charge in [-0.1, -0.05) is 30.3 Å². The molecule has 2 aromatic rings. The van der Waals surface area contributed by atoms with Crippen LogP contribution in [0.4, 0.5) is 11.6 Å². The van der Waals surface area contributed by atoms with Gasteiger partial charge >= 0.3 is 0 Å². The second-order valence-corrected chi connectivity index (χ2v) is 8.31. The zero-order valence-electron chi connectivity index (χ0n) is 16.8. The third-order valence-electron chi connectivity index (χ3n) is 5.90. The van der Waals surface area contributed by atoms with Crippen LogP contribution in [0.5, 0.6) is 0 Å². The Kier molecular flexibility index (Phi) is 5.78. The fraction of sp³-hybridized carbons (Fsp3) is 0.545. The Labute approximate surface area is 167 Å². The number of piperidine rings is 1. The quantitative estimate of drug-likeness (QED) is 0.830. The number of likely N-dealkylation sites (tertiary alicyclic amines) is 1. The van der Waals surface area contributed by atoms with Gasteiger partial charge in [-0.15, -0.1) is 0 Å². The smallest absolute Gasteiger partial charge is 0.134 e. The lowest BCUT2D eigenvalue weighted by molar-refractivity contribution is 0.0561. The van der Waals surface area contributed by atoms with Gasteiger partial charge in [-0.25, -0.2) is 9.97 Å². The highest BCUT2D eigenvalue weighted by molar-refractivity contribution is 5.50. The minimum Gasteiger partial charge on any atom is -0.387 e. The van der Waals surface area contributed by atoms with E-state index in [4.69, 9.17) is 0 Å². The molecule has 0 amide bonds. The minimum atomic E-state index is -0.709. The second kappa shape index (κ2) is 8.45. The van der Waals surface area contributed by atoms with Crippen LogP contribution in [0.25, 0.3) is 0 Å². The summed E-state index contributed by atoms with van der Waals surface area (Å²) < 4.78 is 0. The van der Waals surface area contributed by atoms with Crippen molar-refractivity contribution >= 4 is 11.6 Å². The molecule has 2 aliphatic heterocycles. The summed E-state index contributed by atoms with van der Waals surface area (Å²) in [5.41, 5.74) is 0.585. The van der Waals surface area contributed by atoms with Crippen LogP contribution in [-0.4, -0.2) is 65.3 Å². The third kappa shape index (κ3) is 4.62. The highest BCUT2D eigenvalue weighted by atomic mass is 16.3. The summed E-state index contributed by atoms with van der Waals surface area (Å²) in [6.45, 7) is 5.21. The predicted octanol–water partition coefficient (Wildman–Crippen LogP) is 2.54. The van der Waals surface area contributed by atoms with Crippen molar-refractivity contribution < 1.29 is 5.11 Å². The van der Waals surface area contributed by atoms with Gasteiger partial charge in [0.2, 0.25) is 0 Å². The molecule has 1 atom stereocenters. The molecule has 1 aromatic heterocycles. The average molecular weight is 382 g/mol. The van der Waals surface area contributed by atoms with Crippen LogP contribution in [0.2, 0.25) is 0 Å². The number of hydrogen-bond acceptors (Lipinski definition) is 6. The van der Waals surface area contributed by atoms with Crippen LogP contribution in [0.1, 0.15) is 31.2 Å². The molecular formula is C22H31N5O. The van der Waals surface area contributed by atoms with E-state index >= 15 is 0 Å². The number of β-amino-alcohol motifs (C(OH)–C–C–N with tert-alkyl or cyclic N) is 1. The van der Waals surface area contributed by atoms with E-state index in [-0.39, 0.29) is 0 Å². The molecule has 1 N–H and O–H groups in total. The number of aromatic nitrogens is 2. The number of benzene rings is 1.